The zero-order valence-electron chi connectivity index (χ0n) is 19.4. The van der Waals surface area contributed by atoms with Crippen molar-refractivity contribution >= 4 is 23.4 Å². The topological polar surface area (TPSA) is 139 Å². The maximum Gasteiger partial charge on any atom is 0.329 e. The van der Waals surface area contributed by atoms with E-state index >= 15 is 0 Å². The molecule has 1 saturated heterocycles. The van der Waals surface area contributed by atoms with Gasteiger partial charge in [0, 0.05) is 25.7 Å². The van der Waals surface area contributed by atoms with Gasteiger partial charge in [-0.05, 0) is 56.4 Å². The number of benzene rings is 1. The molecule has 4 rings (SSSR count). The lowest BCUT2D eigenvalue weighted by molar-refractivity contribution is -0.384. The van der Waals surface area contributed by atoms with E-state index in [1.165, 1.54) is 6.20 Å². The van der Waals surface area contributed by atoms with Crippen molar-refractivity contribution in [3.63, 3.8) is 0 Å². The third-order valence-corrected chi connectivity index (χ3v) is 6.74. The van der Waals surface area contributed by atoms with Gasteiger partial charge in [0.25, 0.3) is 0 Å². The second-order valence-electron chi connectivity index (χ2n) is 9.22. The first-order chi connectivity index (χ1) is 16.5. The van der Waals surface area contributed by atoms with Crippen LogP contribution in [0.1, 0.15) is 56.6 Å². The number of hydrogen-bond donors (Lipinski definition) is 3. The van der Waals surface area contributed by atoms with Crippen LogP contribution in [0.25, 0.3) is 0 Å². The number of piperidine rings is 1. The Hall–Kier alpha value is -3.27. The Kier molecular flexibility index (Phi) is 7.89. The molecule has 2 aliphatic rings. The highest BCUT2D eigenvalue weighted by molar-refractivity contribution is 5.86. The molecule has 34 heavy (non-hydrogen) atoms. The number of hydrogen-bond acceptors (Lipinski definition) is 8. The summed E-state index contributed by atoms with van der Waals surface area (Å²) in [5, 5.41) is 17.9. The van der Waals surface area contributed by atoms with Gasteiger partial charge in [0.15, 0.2) is 0 Å². The molecule has 1 aromatic heterocycles. The Balaban J connectivity index is 1.54. The highest BCUT2D eigenvalue weighted by atomic mass is 16.6. The average Bonchev–Trinajstić information content (AvgIpc) is 2.87. The number of rotatable bonds is 8. The van der Waals surface area contributed by atoms with E-state index in [2.05, 4.69) is 20.6 Å². The molecule has 0 bridgehead atoms. The Labute approximate surface area is 199 Å². The van der Waals surface area contributed by atoms with E-state index in [1.54, 1.807) is 0 Å². The minimum Gasteiger partial charge on any atom is -0.364 e. The zero-order valence-corrected chi connectivity index (χ0v) is 19.4. The van der Waals surface area contributed by atoms with Crippen molar-refractivity contribution < 1.29 is 9.72 Å². The maximum atomic E-state index is 13.4. The summed E-state index contributed by atoms with van der Waals surface area (Å²) in [6.07, 6.45) is 8.19. The second-order valence-corrected chi connectivity index (χ2v) is 9.22. The summed E-state index contributed by atoms with van der Waals surface area (Å²) < 4.78 is 0. The van der Waals surface area contributed by atoms with Crippen LogP contribution >= 0.6 is 0 Å². The van der Waals surface area contributed by atoms with Crippen LogP contribution in [0.4, 0.5) is 17.5 Å². The van der Waals surface area contributed by atoms with Crippen LogP contribution in [-0.2, 0) is 4.79 Å². The Bertz CT molecular complexity index is 974. The molecule has 182 valence electrons. The molecule has 1 aliphatic heterocycles. The summed E-state index contributed by atoms with van der Waals surface area (Å²) >= 11 is 0. The summed E-state index contributed by atoms with van der Waals surface area (Å²) in [5.74, 6) is 0.692. The average molecular weight is 468 g/mol. The van der Waals surface area contributed by atoms with E-state index in [9.17, 15) is 14.9 Å². The van der Waals surface area contributed by atoms with Crippen molar-refractivity contribution in [1.82, 2.24) is 14.9 Å². The quantitative estimate of drug-likeness (QED) is 0.396. The van der Waals surface area contributed by atoms with Gasteiger partial charge in [-0.15, -0.1) is 0 Å². The van der Waals surface area contributed by atoms with Gasteiger partial charge >= 0.3 is 5.69 Å². The number of nitro groups is 1. The van der Waals surface area contributed by atoms with Crippen LogP contribution < -0.4 is 16.4 Å². The first kappa shape index (κ1) is 23.9. The van der Waals surface area contributed by atoms with E-state index in [0.717, 1.165) is 63.6 Å². The number of nitrogens with zero attached hydrogens (tertiary/aromatic N) is 4. The highest BCUT2D eigenvalue weighted by Gasteiger charge is 2.29. The van der Waals surface area contributed by atoms with E-state index in [4.69, 9.17) is 5.73 Å². The maximum absolute atomic E-state index is 13.4. The summed E-state index contributed by atoms with van der Waals surface area (Å²) in [6.45, 7) is 2.03. The number of carbonyl (C=O) groups is 1. The molecule has 2 heterocycles. The Morgan fingerprint density at radius 2 is 1.85 bits per heavy atom. The van der Waals surface area contributed by atoms with Crippen molar-refractivity contribution in [2.24, 2.45) is 11.7 Å². The van der Waals surface area contributed by atoms with Gasteiger partial charge in [-0.1, -0.05) is 30.3 Å². The summed E-state index contributed by atoms with van der Waals surface area (Å²) in [6, 6.07) is 9.01. The van der Waals surface area contributed by atoms with Gasteiger partial charge in [0.05, 0.1) is 4.92 Å². The van der Waals surface area contributed by atoms with Gasteiger partial charge in [0.1, 0.15) is 12.2 Å². The van der Waals surface area contributed by atoms with Crippen molar-refractivity contribution in [1.29, 1.82) is 0 Å². The van der Waals surface area contributed by atoms with Crippen LogP contribution in [0.15, 0.2) is 36.5 Å². The smallest absolute Gasteiger partial charge is 0.329 e. The summed E-state index contributed by atoms with van der Waals surface area (Å²) in [5.41, 5.74) is 6.61. The lowest BCUT2D eigenvalue weighted by Crippen LogP contribution is -2.41. The number of anilines is 2. The number of nitrogens with two attached hydrogens (primary N) is 1. The van der Waals surface area contributed by atoms with Crippen molar-refractivity contribution in [2.45, 2.75) is 57.0 Å². The molecule has 1 atom stereocenters. The van der Waals surface area contributed by atoms with Crippen LogP contribution in [0.3, 0.4) is 0 Å². The molecule has 2 aromatic rings. The first-order valence-electron chi connectivity index (χ1n) is 12.1. The predicted molar refractivity (Wildman–Crippen MR) is 130 cm³/mol. The van der Waals surface area contributed by atoms with Crippen LogP contribution in [0.2, 0.25) is 0 Å². The number of likely N-dealkylation sites (tertiary alicyclic amines) is 1. The van der Waals surface area contributed by atoms with Gasteiger partial charge in [0.2, 0.25) is 17.7 Å². The minimum atomic E-state index is -0.673. The normalized spacial score (nSPS) is 21.5. The third kappa shape index (κ3) is 5.99. The molecule has 1 aromatic carbocycles. The molecule has 2 fully saturated rings. The van der Waals surface area contributed by atoms with Gasteiger partial charge in [-0.2, -0.15) is 4.98 Å². The van der Waals surface area contributed by atoms with Crippen LogP contribution in [0.5, 0.6) is 0 Å². The Morgan fingerprint density at radius 3 is 2.53 bits per heavy atom. The molecular formula is C24H33N7O3. The number of aromatic nitrogens is 2. The molecule has 1 saturated carbocycles. The second kappa shape index (κ2) is 11.2. The number of nitrogens with one attached hydrogen (secondary N) is 2. The van der Waals surface area contributed by atoms with Crippen LogP contribution in [0, 0.1) is 16.0 Å². The largest absolute Gasteiger partial charge is 0.364 e. The van der Waals surface area contributed by atoms with Gasteiger partial charge in [-0.25, -0.2) is 4.98 Å². The summed E-state index contributed by atoms with van der Waals surface area (Å²) in [4.78, 5) is 34.9. The number of amides is 1. The van der Waals surface area contributed by atoms with Crippen molar-refractivity contribution in [3.05, 3.63) is 52.2 Å². The highest BCUT2D eigenvalue weighted by Crippen LogP contribution is 2.28. The van der Waals surface area contributed by atoms with E-state index in [0.29, 0.717) is 12.5 Å². The van der Waals surface area contributed by atoms with Crippen molar-refractivity contribution in [3.8, 4) is 0 Å². The number of carbonyl (C=O) groups excluding carboxylic acids is 1. The molecule has 0 radical (unpaired) electrons. The summed E-state index contributed by atoms with van der Waals surface area (Å²) in [7, 11) is 0. The van der Waals surface area contributed by atoms with Crippen molar-refractivity contribution in [2.75, 3.05) is 30.3 Å². The minimum absolute atomic E-state index is 0.0408. The predicted octanol–water partition coefficient (Wildman–Crippen LogP) is 3.48. The fourth-order valence-electron chi connectivity index (χ4n) is 4.70. The molecule has 4 N–H and O–H groups in total. The fraction of sp³-hybridized carbons (Fsp3) is 0.542. The molecule has 1 aliphatic carbocycles. The fourth-order valence-corrected chi connectivity index (χ4v) is 4.70. The lowest BCUT2D eigenvalue weighted by atomic mass is 9.86. The standard InChI is InChI=1S/C24H33N7O3/c25-19-11-9-17(10-12-19)15-26-22-20(31(33)34)16-27-24(29-22)28-21(18-7-3-1-4-8-18)23(32)30-13-5-2-6-14-30/h1,3-4,7-8,16-17,19,21H,2,5-6,9-15,25H2,(H2,26,27,28,29)/t17-,19-,21-/m1/s1. The van der Waals surface area contributed by atoms with Gasteiger partial charge < -0.3 is 21.3 Å². The van der Waals surface area contributed by atoms with E-state index in [1.807, 2.05) is 35.2 Å². The van der Waals surface area contributed by atoms with E-state index in [-0.39, 0.29) is 29.4 Å². The zero-order chi connectivity index (χ0) is 23.9. The molecule has 0 unspecified atom stereocenters. The van der Waals surface area contributed by atoms with Gasteiger partial charge in [-0.3, -0.25) is 14.9 Å². The molecule has 0 spiro atoms. The molecule has 10 nitrogen and oxygen atoms in total. The third-order valence-electron chi connectivity index (χ3n) is 6.74. The molecule has 10 heteroatoms. The Morgan fingerprint density at radius 1 is 1.15 bits per heavy atom. The van der Waals surface area contributed by atoms with E-state index < -0.39 is 11.0 Å². The monoisotopic (exact) mass is 467 g/mol. The first-order valence-corrected chi connectivity index (χ1v) is 12.1. The van der Waals surface area contributed by atoms with Crippen LogP contribution in [-0.4, -0.2) is 51.4 Å². The molecular weight excluding hydrogens is 434 g/mol. The SMILES string of the molecule is N[C@H]1CC[C@H](CNc2nc(N[C@@H](C(=O)N3CCCCC3)c3ccccc3)ncc2[N+](=O)[O-])CC1. The lowest BCUT2D eigenvalue weighted by Gasteiger charge is -2.31. The molecule has 1 amide bonds.